The van der Waals surface area contributed by atoms with Crippen molar-refractivity contribution in [3.63, 3.8) is 0 Å². The Morgan fingerprint density at radius 1 is 1.35 bits per heavy atom. The number of rotatable bonds is 3. The normalized spacial score (nSPS) is 35.9. The van der Waals surface area contributed by atoms with Crippen molar-refractivity contribution < 1.29 is 9.47 Å². The Bertz CT molecular complexity index is 548. The Hall–Kier alpha value is -1.28. The van der Waals surface area contributed by atoms with Gasteiger partial charge in [0.1, 0.15) is 17.5 Å². The number of ether oxygens (including phenoxy) is 2. The summed E-state index contributed by atoms with van der Waals surface area (Å²) in [5.41, 5.74) is 1.99. The summed E-state index contributed by atoms with van der Waals surface area (Å²) in [7, 11) is 0. The molecule has 0 saturated carbocycles. The zero-order chi connectivity index (χ0) is 14.5. The molecule has 0 unspecified atom stereocenters. The molecule has 0 aliphatic carbocycles. The highest BCUT2D eigenvalue weighted by molar-refractivity contribution is 5.35. The first-order valence-corrected chi connectivity index (χ1v) is 7.48. The van der Waals surface area contributed by atoms with Crippen molar-refractivity contribution in [1.82, 2.24) is 0 Å². The molecular formula is C18H24O2. The van der Waals surface area contributed by atoms with E-state index in [1.165, 1.54) is 11.1 Å². The van der Waals surface area contributed by atoms with Gasteiger partial charge in [-0.15, -0.1) is 0 Å². The van der Waals surface area contributed by atoms with E-state index in [0.29, 0.717) is 5.92 Å². The van der Waals surface area contributed by atoms with Gasteiger partial charge in [0.2, 0.25) is 0 Å². The van der Waals surface area contributed by atoms with Crippen LogP contribution in [0.1, 0.15) is 39.2 Å². The third kappa shape index (κ3) is 1.81. The van der Waals surface area contributed by atoms with Crippen molar-refractivity contribution in [2.24, 2.45) is 5.92 Å². The van der Waals surface area contributed by atoms with Crippen LogP contribution >= 0.6 is 0 Å². The average Bonchev–Trinajstić information content (AvgIpc) is 2.80. The maximum atomic E-state index is 6.42. The van der Waals surface area contributed by atoms with Gasteiger partial charge in [-0.3, -0.25) is 0 Å². The van der Waals surface area contributed by atoms with Crippen molar-refractivity contribution in [2.75, 3.05) is 0 Å². The summed E-state index contributed by atoms with van der Waals surface area (Å²) >= 11 is 0. The van der Waals surface area contributed by atoms with E-state index >= 15 is 0 Å². The van der Waals surface area contributed by atoms with Crippen LogP contribution in [-0.4, -0.2) is 17.3 Å². The summed E-state index contributed by atoms with van der Waals surface area (Å²) in [6, 6.07) is 8.19. The molecule has 2 heteroatoms. The summed E-state index contributed by atoms with van der Waals surface area (Å²) < 4.78 is 12.7. The van der Waals surface area contributed by atoms with Gasteiger partial charge in [0.25, 0.3) is 0 Å². The lowest BCUT2D eigenvalue weighted by Crippen LogP contribution is -2.41. The predicted molar refractivity (Wildman–Crippen MR) is 81.0 cm³/mol. The summed E-state index contributed by atoms with van der Waals surface area (Å²) in [6.07, 6.45) is 1.92. The molecule has 2 fully saturated rings. The van der Waals surface area contributed by atoms with Crippen LogP contribution in [0.25, 0.3) is 0 Å². The van der Waals surface area contributed by atoms with E-state index in [4.69, 9.17) is 9.47 Å². The van der Waals surface area contributed by atoms with E-state index in [-0.39, 0.29) is 17.3 Å². The third-order valence-electron chi connectivity index (χ3n) is 5.04. The monoisotopic (exact) mass is 272 g/mol. The van der Waals surface area contributed by atoms with Gasteiger partial charge in [0, 0.05) is 12.8 Å². The van der Waals surface area contributed by atoms with Gasteiger partial charge < -0.3 is 9.47 Å². The first-order chi connectivity index (χ1) is 9.37. The highest BCUT2D eigenvalue weighted by Crippen LogP contribution is 2.57. The minimum Gasteiger partial charge on any atom is -0.487 e. The fraction of sp³-hybridized carbons (Fsp3) is 0.556. The van der Waals surface area contributed by atoms with E-state index in [9.17, 15) is 0 Å². The van der Waals surface area contributed by atoms with Gasteiger partial charge in [-0.2, -0.15) is 0 Å². The van der Waals surface area contributed by atoms with Gasteiger partial charge in [0.05, 0.1) is 5.60 Å². The van der Waals surface area contributed by atoms with Gasteiger partial charge in [-0.1, -0.05) is 38.6 Å². The van der Waals surface area contributed by atoms with Crippen molar-refractivity contribution in [3.05, 3.63) is 42.0 Å². The molecule has 0 spiro atoms. The minimum absolute atomic E-state index is 0.108. The van der Waals surface area contributed by atoms with Crippen LogP contribution in [0.5, 0.6) is 5.75 Å². The van der Waals surface area contributed by atoms with Gasteiger partial charge in [0.15, 0.2) is 0 Å². The Labute approximate surface area is 121 Å². The lowest BCUT2D eigenvalue weighted by atomic mass is 9.73. The number of hydrogen-bond acceptors (Lipinski definition) is 2. The number of fused-ring (bicyclic) bond motifs is 2. The van der Waals surface area contributed by atoms with Crippen LogP contribution in [0, 0.1) is 12.8 Å². The van der Waals surface area contributed by atoms with Crippen LogP contribution in [0.2, 0.25) is 0 Å². The summed E-state index contributed by atoms with van der Waals surface area (Å²) in [5, 5.41) is 0. The summed E-state index contributed by atoms with van der Waals surface area (Å²) in [4.78, 5) is 0. The van der Waals surface area contributed by atoms with E-state index in [0.717, 1.165) is 18.6 Å². The summed E-state index contributed by atoms with van der Waals surface area (Å²) in [6.45, 7) is 12.9. The lowest BCUT2D eigenvalue weighted by Gasteiger charge is -2.34. The molecule has 20 heavy (non-hydrogen) atoms. The van der Waals surface area contributed by atoms with Crippen LogP contribution in [0.3, 0.4) is 0 Å². The molecule has 2 bridgehead atoms. The predicted octanol–water partition coefficient (Wildman–Crippen LogP) is 4.28. The molecular weight excluding hydrogens is 248 g/mol. The molecule has 1 aromatic rings. The molecule has 2 heterocycles. The van der Waals surface area contributed by atoms with Crippen molar-refractivity contribution in [1.29, 1.82) is 0 Å². The van der Waals surface area contributed by atoms with E-state index < -0.39 is 0 Å². The number of aryl methyl sites for hydroxylation is 1. The van der Waals surface area contributed by atoms with E-state index in [2.05, 4.69) is 40.3 Å². The molecule has 2 aliphatic heterocycles. The number of benzene rings is 1. The van der Waals surface area contributed by atoms with Crippen LogP contribution in [0.15, 0.2) is 36.4 Å². The molecule has 3 atom stereocenters. The van der Waals surface area contributed by atoms with Gasteiger partial charge in [-0.05, 0) is 37.0 Å². The van der Waals surface area contributed by atoms with Crippen LogP contribution in [-0.2, 0) is 4.74 Å². The zero-order valence-corrected chi connectivity index (χ0v) is 12.9. The second-order valence-electron chi connectivity index (χ2n) is 6.82. The molecule has 2 saturated heterocycles. The third-order valence-corrected chi connectivity index (χ3v) is 5.04. The molecule has 2 aliphatic rings. The number of para-hydroxylation sites is 1. The van der Waals surface area contributed by atoms with Crippen molar-refractivity contribution in [2.45, 2.75) is 57.8 Å². The Balaban J connectivity index is 1.88. The summed E-state index contributed by atoms with van der Waals surface area (Å²) in [5.74, 6) is 1.40. The second-order valence-corrected chi connectivity index (χ2v) is 6.82. The quantitative estimate of drug-likeness (QED) is 0.765. The molecule has 0 aromatic heterocycles. The number of hydrogen-bond donors (Lipinski definition) is 0. The van der Waals surface area contributed by atoms with Crippen LogP contribution < -0.4 is 4.74 Å². The first kappa shape index (κ1) is 13.7. The maximum Gasteiger partial charge on any atom is 0.131 e. The van der Waals surface area contributed by atoms with Gasteiger partial charge in [-0.25, -0.2) is 0 Å². The molecule has 0 amide bonds. The molecule has 0 N–H and O–H groups in total. The first-order valence-electron chi connectivity index (χ1n) is 7.48. The highest BCUT2D eigenvalue weighted by Gasteiger charge is 2.63. The molecule has 0 radical (unpaired) electrons. The van der Waals surface area contributed by atoms with E-state index in [1.54, 1.807) is 0 Å². The van der Waals surface area contributed by atoms with Gasteiger partial charge >= 0.3 is 0 Å². The SMILES string of the molecule is C=C1C[C@]2(C)O[C@@]1(C(C)C)C[C@H]2Oc1ccccc1C. The van der Waals surface area contributed by atoms with Crippen LogP contribution in [0.4, 0.5) is 0 Å². The molecule has 1 aromatic carbocycles. The smallest absolute Gasteiger partial charge is 0.131 e. The second kappa shape index (κ2) is 4.36. The van der Waals surface area contributed by atoms with E-state index in [1.807, 2.05) is 18.2 Å². The fourth-order valence-corrected chi connectivity index (χ4v) is 3.72. The van der Waals surface area contributed by atoms with Crippen molar-refractivity contribution in [3.8, 4) is 5.75 Å². The molecule has 2 nitrogen and oxygen atoms in total. The molecule has 108 valence electrons. The Kier molecular flexibility index (Phi) is 2.98. The topological polar surface area (TPSA) is 18.5 Å². The highest BCUT2D eigenvalue weighted by atomic mass is 16.6. The Morgan fingerprint density at radius 2 is 2.05 bits per heavy atom. The molecule has 3 rings (SSSR count). The standard InChI is InChI=1S/C18H24O2/c1-12(2)18-11-16(17(5,20-18)10-14(18)4)19-15-9-7-6-8-13(15)3/h6-9,12,16H,4,10-11H2,1-3,5H3/t16-,17+,18-/m1/s1. The van der Waals surface area contributed by atoms with Crippen molar-refractivity contribution >= 4 is 0 Å². The Morgan fingerprint density at radius 3 is 2.65 bits per heavy atom. The lowest BCUT2D eigenvalue weighted by molar-refractivity contribution is -0.0709. The fourth-order valence-electron chi connectivity index (χ4n) is 3.72. The average molecular weight is 272 g/mol. The maximum absolute atomic E-state index is 6.42. The minimum atomic E-state index is -0.233. The largest absolute Gasteiger partial charge is 0.487 e. The zero-order valence-electron chi connectivity index (χ0n) is 12.9.